The number of benzene rings is 1. The summed E-state index contributed by atoms with van der Waals surface area (Å²) in [6.45, 7) is 1.67. The molecule has 8 nitrogen and oxygen atoms in total. The van der Waals surface area contributed by atoms with E-state index in [2.05, 4.69) is 11.4 Å². The number of non-ortho nitro benzene ring substituents is 1. The number of nitrogens with zero attached hydrogens (tertiary/aromatic N) is 2. The van der Waals surface area contributed by atoms with Crippen molar-refractivity contribution in [1.82, 2.24) is 5.32 Å². The molecule has 2 rings (SSSR count). The average Bonchev–Trinajstić information content (AvgIpc) is 2.60. The molecule has 0 aromatic heterocycles. The summed E-state index contributed by atoms with van der Waals surface area (Å²) < 4.78 is 25.3. The van der Waals surface area contributed by atoms with Crippen molar-refractivity contribution in [2.45, 2.75) is 39.0 Å². The summed E-state index contributed by atoms with van der Waals surface area (Å²) in [7, 11) is -3.78. The van der Waals surface area contributed by atoms with Gasteiger partial charge in [-0.05, 0) is 44.6 Å². The number of anilines is 1. The Morgan fingerprint density at radius 2 is 2.07 bits per heavy atom. The number of rotatable bonds is 8. The van der Waals surface area contributed by atoms with E-state index < -0.39 is 27.4 Å². The molecule has 27 heavy (non-hydrogen) atoms. The fourth-order valence-electron chi connectivity index (χ4n) is 3.04. The van der Waals surface area contributed by atoms with Gasteiger partial charge in [-0.3, -0.25) is 19.2 Å². The minimum atomic E-state index is -3.78. The minimum absolute atomic E-state index is 0.136. The van der Waals surface area contributed by atoms with E-state index >= 15 is 0 Å². The van der Waals surface area contributed by atoms with Crippen molar-refractivity contribution in [3.63, 3.8) is 0 Å². The van der Waals surface area contributed by atoms with Gasteiger partial charge in [0.25, 0.3) is 5.69 Å². The maximum Gasteiger partial charge on any atom is 0.271 e. The summed E-state index contributed by atoms with van der Waals surface area (Å²) in [6, 6.07) is 3.95. The van der Waals surface area contributed by atoms with Crippen molar-refractivity contribution in [1.29, 1.82) is 0 Å². The summed E-state index contributed by atoms with van der Waals surface area (Å²) in [5, 5.41) is 13.7. The Morgan fingerprint density at radius 3 is 2.67 bits per heavy atom. The second-order valence-electron chi connectivity index (χ2n) is 6.71. The lowest BCUT2D eigenvalue weighted by molar-refractivity contribution is -0.384. The van der Waals surface area contributed by atoms with Gasteiger partial charge in [0.1, 0.15) is 6.54 Å². The van der Waals surface area contributed by atoms with Crippen molar-refractivity contribution in [3.05, 3.63) is 45.5 Å². The number of nitro groups is 1. The number of hydrogen-bond acceptors (Lipinski definition) is 5. The molecule has 0 saturated carbocycles. The smallest absolute Gasteiger partial charge is 0.271 e. The van der Waals surface area contributed by atoms with Gasteiger partial charge in [-0.15, -0.1) is 0 Å². The van der Waals surface area contributed by atoms with Gasteiger partial charge in [0.2, 0.25) is 15.9 Å². The Hall–Kier alpha value is -2.42. The predicted octanol–water partition coefficient (Wildman–Crippen LogP) is 2.68. The van der Waals surface area contributed by atoms with Gasteiger partial charge in [-0.2, -0.15) is 0 Å². The Kier molecular flexibility index (Phi) is 6.95. The molecule has 0 radical (unpaired) electrons. The van der Waals surface area contributed by atoms with Gasteiger partial charge >= 0.3 is 0 Å². The third-order valence-corrected chi connectivity index (χ3v) is 5.64. The van der Waals surface area contributed by atoms with Crippen LogP contribution in [0.4, 0.5) is 11.4 Å². The van der Waals surface area contributed by atoms with E-state index in [0.29, 0.717) is 12.1 Å². The molecule has 0 atom stereocenters. The molecule has 1 N–H and O–H groups in total. The second-order valence-corrected chi connectivity index (χ2v) is 8.61. The van der Waals surface area contributed by atoms with Gasteiger partial charge in [0, 0.05) is 18.7 Å². The van der Waals surface area contributed by atoms with Gasteiger partial charge in [0.05, 0.1) is 16.9 Å². The van der Waals surface area contributed by atoms with Crippen LogP contribution in [0, 0.1) is 17.0 Å². The quantitative estimate of drug-likeness (QED) is 0.413. The summed E-state index contributed by atoms with van der Waals surface area (Å²) in [6.07, 6.45) is 8.39. The van der Waals surface area contributed by atoms with Gasteiger partial charge < -0.3 is 5.32 Å². The number of carbonyl (C=O) groups excluding carboxylic acids is 1. The molecule has 0 bridgehead atoms. The molecule has 148 valence electrons. The molecular formula is C18H25N3O5S. The first-order chi connectivity index (χ1) is 12.7. The topological polar surface area (TPSA) is 110 Å². The van der Waals surface area contributed by atoms with Crippen LogP contribution in [0.15, 0.2) is 29.8 Å². The van der Waals surface area contributed by atoms with Crippen LogP contribution in [0.5, 0.6) is 0 Å². The van der Waals surface area contributed by atoms with Crippen LogP contribution in [0.25, 0.3) is 0 Å². The van der Waals surface area contributed by atoms with Crippen molar-refractivity contribution in [2.75, 3.05) is 23.7 Å². The number of amides is 1. The number of aryl methyl sites for hydroxylation is 1. The van der Waals surface area contributed by atoms with E-state index in [4.69, 9.17) is 0 Å². The van der Waals surface area contributed by atoms with Gasteiger partial charge in [0.15, 0.2) is 0 Å². The first kappa shape index (κ1) is 20.9. The third-order valence-electron chi connectivity index (χ3n) is 4.51. The van der Waals surface area contributed by atoms with Gasteiger partial charge in [-0.1, -0.05) is 17.7 Å². The highest BCUT2D eigenvalue weighted by Gasteiger charge is 2.24. The average molecular weight is 395 g/mol. The molecule has 0 aliphatic heterocycles. The van der Waals surface area contributed by atoms with Crippen molar-refractivity contribution >= 4 is 27.3 Å². The van der Waals surface area contributed by atoms with Gasteiger partial charge in [-0.25, -0.2) is 8.42 Å². The van der Waals surface area contributed by atoms with Crippen LogP contribution in [-0.2, 0) is 14.8 Å². The van der Waals surface area contributed by atoms with Crippen molar-refractivity contribution in [2.24, 2.45) is 0 Å². The van der Waals surface area contributed by atoms with E-state index in [0.717, 1.165) is 36.2 Å². The van der Waals surface area contributed by atoms with E-state index in [1.165, 1.54) is 30.2 Å². The molecule has 1 aliphatic rings. The van der Waals surface area contributed by atoms with Crippen LogP contribution in [0.3, 0.4) is 0 Å². The number of nitro benzene ring substituents is 1. The molecule has 1 aliphatic carbocycles. The Labute approximate surface area is 159 Å². The van der Waals surface area contributed by atoms with E-state index in [-0.39, 0.29) is 11.4 Å². The fourth-order valence-corrected chi connectivity index (χ4v) is 3.95. The van der Waals surface area contributed by atoms with Crippen LogP contribution in [-0.4, -0.2) is 38.6 Å². The second kappa shape index (κ2) is 8.98. The van der Waals surface area contributed by atoms with Crippen LogP contribution in [0.2, 0.25) is 0 Å². The molecule has 0 heterocycles. The maximum absolute atomic E-state index is 12.3. The third kappa shape index (κ3) is 6.06. The molecule has 0 unspecified atom stereocenters. The summed E-state index contributed by atoms with van der Waals surface area (Å²) in [5.74, 6) is -0.442. The molecule has 0 saturated heterocycles. The Balaban J connectivity index is 2.09. The number of carbonyl (C=O) groups is 1. The zero-order valence-electron chi connectivity index (χ0n) is 15.6. The largest absolute Gasteiger partial charge is 0.354 e. The minimum Gasteiger partial charge on any atom is -0.354 e. The lowest BCUT2D eigenvalue weighted by Crippen LogP contribution is -2.41. The molecule has 9 heteroatoms. The normalized spacial score (nSPS) is 14.4. The first-order valence-corrected chi connectivity index (χ1v) is 10.7. The highest BCUT2D eigenvalue weighted by molar-refractivity contribution is 7.92. The predicted molar refractivity (Wildman–Crippen MR) is 104 cm³/mol. The fraction of sp³-hybridized carbons (Fsp3) is 0.500. The van der Waals surface area contributed by atoms with Crippen LogP contribution < -0.4 is 9.62 Å². The lowest BCUT2D eigenvalue weighted by Gasteiger charge is -2.23. The first-order valence-electron chi connectivity index (χ1n) is 8.86. The van der Waals surface area contributed by atoms with Crippen molar-refractivity contribution in [3.8, 4) is 0 Å². The monoisotopic (exact) mass is 395 g/mol. The molecule has 0 spiro atoms. The summed E-state index contributed by atoms with van der Waals surface area (Å²) >= 11 is 0. The van der Waals surface area contributed by atoms with E-state index in [1.54, 1.807) is 6.92 Å². The van der Waals surface area contributed by atoms with Crippen LogP contribution in [0.1, 0.15) is 37.7 Å². The molecule has 1 amide bonds. The number of nitrogens with one attached hydrogen (secondary N) is 1. The highest BCUT2D eigenvalue weighted by atomic mass is 32.2. The SMILES string of the molecule is Cc1ccc([N+](=O)[O-])cc1N(CC(=O)NCCC1=CCCCC1)S(C)(=O)=O. The zero-order chi connectivity index (χ0) is 20.0. The molecule has 1 aromatic rings. The van der Waals surface area contributed by atoms with E-state index in [1.807, 2.05) is 0 Å². The number of allylic oxidation sites excluding steroid dienone is 1. The zero-order valence-corrected chi connectivity index (χ0v) is 16.4. The highest BCUT2D eigenvalue weighted by Crippen LogP contribution is 2.27. The molecular weight excluding hydrogens is 370 g/mol. The number of hydrogen-bond donors (Lipinski definition) is 1. The lowest BCUT2D eigenvalue weighted by atomic mass is 9.97. The summed E-state index contributed by atoms with van der Waals surface area (Å²) in [4.78, 5) is 22.7. The van der Waals surface area contributed by atoms with Crippen LogP contribution >= 0.6 is 0 Å². The van der Waals surface area contributed by atoms with Crippen molar-refractivity contribution < 1.29 is 18.1 Å². The Bertz CT molecular complexity index is 849. The Morgan fingerprint density at radius 1 is 1.33 bits per heavy atom. The maximum atomic E-state index is 12.3. The summed E-state index contributed by atoms with van der Waals surface area (Å²) in [5.41, 5.74) is 1.76. The van der Waals surface area contributed by atoms with E-state index in [9.17, 15) is 23.3 Å². The molecule has 1 aromatic carbocycles. The number of sulfonamides is 1. The molecule has 0 fully saturated rings. The standard InChI is InChI=1S/C18H25N3O5S/c1-14-8-9-16(21(23)24)12-17(14)20(27(2,25)26)13-18(22)19-11-10-15-6-4-3-5-7-15/h6,8-9,12H,3-5,7,10-11,13H2,1-2H3,(H,19,22).